The Balaban J connectivity index is 1.62. The average molecular weight is 600 g/mol. The molecular weight excluding hydrogens is 558 g/mol. The molecule has 3 amide bonds. The van der Waals surface area contributed by atoms with Crippen molar-refractivity contribution in [1.29, 1.82) is 0 Å². The number of likely N-dealkylation sites (tertiary alicyclic amines) is 1. The SMILES string of the molecule is CC(C)(C)OC(=O)NCCCC[C@@H](/C=C/S(=O)(=O)c1ccccc1)NC(=O)[C@@H]1CCCN1C(=O)OCc1ccccc1. The van der Waals surface area contributed by atoms with Gasteiger partial charge in [-0.2, -0.15) is 0 Å². The van der Waals surface area contributed by atoms with E-state index in [4.69, 9.17) is 9.47 Å². The number of ether oxygens (including phenoxy) is 2. The van der Waals surface area contributed by atoms with E-state index in [1.165, 1.54) is 23.1 Å². The minimum absolute atomic E-state index is 0.102. The van der Waals surface area contributed by atoms with E-state index in [0.717, 1.165) is 11.0 Å². The minimum atomic E-state index is -3.72. The molecule has 0 unspecified atom stereocenters. The Morgan fingerprint density at radius 3 is 2.36 bits per heavy atom. The third kappa shape index (κ3) is 10.8. The fourth-order valence-electron chi connectivity index (χ4n) is 4.44. The van der Waals surface area contributed by atoms with Gasteiger partial charge in [0.15, 0.2) is 9.84 Å². The number of rotatable bonds is 12. The van der Waals surface area contributed by atoms with Crippen molar-refractivity contribution in [2.75, 3.05) is 13.1 Å². The van der Waals surface area contributed by atoms with Gasteiger partial charge in [0.05, 0.1) is 4.90 Å². The van der Waals surface area contributed by atoms with Crippen LogP contribution in [0, 0.1) is 0 Å². The number of alkyl carbamates (subject to hydrolysis) is 1. The molecule has 1 aliphatic heterocycles. The summed E-state index contributed by atoms with van der Waals surface area (Å²) in [6.45, 7) is 6.21. The Labute approximate surface area is 248 Å². The number of nitrogens with one attached hydrogen (secondary N) is 2. The van der Waals surface area contributed by atoms with E-state index in [0.29, 0.717) is 45.2 Å². The monoisotopic (exact) mass is 599 g/mol. The molecular formula is C31H41N3O7S. The van der Waals surface area contributed by atoms with Gasteiger partial charge in [0.1, 0.15) is 18.2 Å². The highest BCUT2D eigenvalue weighted by Crippen LogP contribution is 2.20. The van der Waals surface area contributed by atoms with Gasteiger partial charge in [-0.25, -0.2) is 18.0 Å². The van der Waals surface area contributed by atoms with Gasteiger partial charge in [-0.15, -0.1) is 0 Å². The maximum Gasteiger partial charge on any atom is 0.410 e. The smallest absolute Gasteiger partial charge is 0.410 e. The Morgan fingerprint density at radius 2 is 1.69 bits per heavy atom. The number of carbonyl (C=O) groups is 3. The number of hydrogen-bond donors (Lipinski definition) is 2. The Hall–Kier alpha value is -3.86. The predicted molar refractivity (Wildman–Crippen MR) is 159 cm³/mol. The van der Waals surface area contributed by atoms with Gasteiger partial charge >= 0.3 is 12.2 Å². The summed E-state index contributed by atoms with van der Waals surface area (Å²) in [6, 6.07) is 16.0. The first-order valence-electron chi connectivity index (χ1n) is 14.2. The topological polar surface area (TPSA) is 131 Å². The molecule has 1 saturated heterocycles. The third-order valence-electron chi connectivity index (χ3n) is 6.49. The summed E-state index contributed by atoms with van der Waals surface area (Å²) < 4.78 is 36.4. The normalized spacial score (nSPS) is 16.2. The lowest BCUT2D eigenvalue weighted by atomic mass is 10.1. The highest BCUT2D eigenvalue weighted by atomic mass is 32.2. The number of benzene rings is 2. The van der Waals surface area contributed by atoms with Gasteiger partial charge in [-0.05, 0) is 70.6 Å². The zero-order chi connectivity index (χ0) is 30.6. The van der Waals surface area contributed by atoms with Gasteiger partial charge in [-0.3, -0.25) is 9.69 Å². The summed E-state index contributed by atoms with van der Waals surface area (Å²) in [4.78, 5) is 39.6. The number of unbranched alkanes of at least 4 members (excludes halogenated alkanes) is 1. The van der Waals surface area contributed by atoms with Gasteiger partial charge in [-0.1, -0.05) is 54.6 Å². The highest BCUT2D eigenvalue weighted by Gasteiger charge is 2.35. The van der Waals surface area contributed by atoms with Crippen LogP contribution in [0.2, 0.25) is 0 Å². The molecule has 0 radical (unpaired) electrons. The van der Waals surface area contributed by atoms with Crippen molar-refractivity contribution >= 4 is 27.9 Å². The molecule has 228 valence electrons. The van der Waals surface area contributed by atoms with Gasteiger partial charge in [0.25, 0.3) is 0 Å². The van der Waals surface area contributed by atoms with Crippen LogP contribution in [-0.2, 0) is 30.7 Å². The summed E-state index contributed by atoms with van der Waals surface area (Å²) in [7, 11) is -3.72. The van der Waals surface area contributed by atoms with Crippen molar-refractivity contribution in [2.24, 2.45) is 0 Å². The number of sulfone groups is 1. The van der Waals surface area contributed by atoms with Crippen LogP contribution in [-0.4, -0.2) is 62.2 Å². The standard InChI is InChI=1S/C31H41N3O7S/c1-31(2,3)41-29(36)32-20-11-10-15-25(19-22-42(38,39)26-16-8-5-9-17-26)33-28(35)27-18-12-21-34(27)30(37)40-23-24-13-6-4-7-14-24/h4-9,13-14,16-17,19,22,25,27H,10-12,15,18,20-21,23H2,1-3H3,(H,32,36)(H,33,35)/b22-19+/t25-,27-/m0/s1. The van der Waals surface area contributed by atoms with E-state index in [-0.39, 0.29) is 17.4 Å². The van der Waals surface area contributed by atoms with Gasteiger partial charge < -0.3 is 20.1 Å². The molecule has 0 aliphatic carbocycles. The van der Waals surface area contributed by atoms with Crippen molar-refractivity contribution in [3.63, 3.8) is 0 Å². The first kappa shape index (κ1) is 32.7. The van der Waals surface area contributed by atoms with Crippen molar-refractivity contribution < 1.29 is 32.3 Å². The first-order chi connectivity index (χ1) is 19.9. The third-order valence-corrected chi connectivity index (χ3v) is 7.94. The Kier molecular flexibility index (Phi) is 12.0. The molecule has 42 heavy (non-hydrogen) atoms. The van der Waals surface area contributed by atoms with Gasteiger partial charge in [0, 0.05) is 24.5 Å². The molecule has 0 aromatic heterocycles. The van der Waals surface area contributed by atoms with E-state index in [9.17, 15) is 22.8 Å². The maximum atomic E-state index is 13.3. The number of amides is 3. The summed E-state index contributed by atoms with van der Waals surface area (Å²) in [6.07, 6.45) is 3.12. The molecule has 2 N–H and O–H groups in total. The maximum absolute atomic E-state index is 13.3. The number of hydrogen-bond acceptors (Lipinski definition) is 7. The molecule has 0 bridgehead atoms. The molecule has 0 spiro atoms. The first-order valence-corrected chi connectivity index (χ1v) is 15.7. The van der Waals surface area contributed by atoms with Crippen LogP contribution in [0.5, 0.6) is 0 Å². The molecule has 2 atom stereocenters. The van der Waals surface area contributed by atoms with Crippen LogP contribution in [0.3, 0.4) is 0 Å². The van der Waals surface area contributed by atoms with E-state index in [1.54, 1.807) is 39.0 Å². The Bertz CT molecular complexity index is 1310. The predicted octanol–water partition coefficient (Wildman–Crippen LogP) is 4.96. The Morgan fingerprint density at radius 1 is 1.02 bits per heavy atom. The molecule has 3 rings (SSSR count). The fraction of sp³-hybridized carbons (Fsp3) is 0.452. The molecule has 0 saturated carbocycles. The largest absolute Gasteiger partial charge is 0.445 e. The van der Waals surface area contributed by atoms with Crippen LogP contribution < -0.4 is 10.6 Å². The van der Waals surface area contributed by atoms with E-state index >= 15 is 0 Å². The lowest BCUT2D eigenvalue weighted by Gasteiger charge is -2.25. The van der Waals surface area contributed by atoms with Crippen LogP contribution >= 0.6 is 0 Å². The highest BCUT2D eigenvalue weighted by molar-refractivity contribution is 7.94. The van der Waals surface area contributed by atoms with Crippen LogP contribution in [0.1, 0.15) is 58.4 Å². The van der Waals surface area contributed by atoms with E-state index < -0.39 is 39.7 Å². The summed E-state index contributed by atoms with van der Waals surface area (Å²) in [5.74, 6) is -0.372. The minimum Gasteiger partial charge on any atom is -0.445 e. The fourth-order valence-corrected chi connectivity index (χ4v) is 5.53. The second kappa shape index (κ2) is 15.4. The van der Waals surface area contributed by atoms with Crippen molar-refractivity contribution in [2.45, 2.75) is 82.1 Å². The van der Waals surface area contributed by atoms with E-state index in [1.807, 2.05) is 30.3 Å². The summed E-state index contributed by atoms with van der Waals surface area (Å²) in [5, 5.41) is 6.72. The van der Waals surface area contributed by atoms with Crippen LogP contribution in [0.4, 0.5) is 9.59 Å². The van der Waals surface area contributed by atoms with Crippen molar-refractivity contribution in [3.05, 3.63) is 77.7 Å². The van der Waals surface area contributed by atoms with Gasteiger partial charge in [0.2, 0.25) is 5.91 Å². The van der Waals surface area contributed by atoms with Crippen molar-refractivity contribution in [3.8, 4) is 0 Å². The molecule has 1 aliphatic rings. The number of nitrogens with zero attached hydrogens (tertiary/aromatic N) is 1. The molecule has 11 heteroatoms. The second-order valence-corrected chi connectivity index (χ2v) is 13.0. The molecule has 1 heterocycles. The lowest BCUT2D eigenvalue weighted by Crippen LogP contribution is -2.48. The van der Waals surface area contributed by atoms with Crippen LogP contribution in [0.15, 0.2) is 77.0 Å². The zero-order valence-electron chi connectivity index (χ0n) is 24.5. The summed E-state index contributed by atoms with van der Waals surface area (Å²) >= 11 is 0. The molecule has 2 aromatic carbocycles. The van der Waals surface area contributed by atoms with E-state index in [2.05, 4.69) is 10.6 Å². The second-order valence-electron chi connectivity index (χ2n) is 11.1. The average Bonchev–Trinajstić information content (AvgIpc) is 3.45. The molecule has 10 nitrogen and oxygen atoms in total. The molecule has 2 aromatic rings. The van der Waals surface area contributed by atoms with Crippen LogP contribution in [0.25, 0.3) is 0 Å². The molecule has 1 fully saturated rings. The quantitative estimate of drug-likeness (QED) is 0.330. The zero-order valence-corrected chi connectivity index (χ0v) is 25.3. The lowest BCUT2D eigenvalue weighted by molar-refractivity contribution is -0.125. The number of carbonyl (C=O) groups excluding carboxylic acids is 3. The van der Waals surface area contributed by atoms with Crippen molar-refractivity contribution in [1.82, 2.24) is 15.5 Å². The summed E-state index contributed by atoms with van der Waals surface area (Å²) in [5.41, 5.74) is 0.244.